The summed E-state index contributed by atoms with van der Waals surface area (Å²) in [6.07, 6.45) is 0. The standard InChI is InChI=1S/C13H13FN2OS/c14-10-4-5-13(12(15)7-10)18-8-9-2-1-3-11(6-9)16-17/h1-7,16-17H,8,15H2. The zero-order valence-corrected chi connectivity index (χ0v) is 10.4. The number of anilines is 2. The maximum absolute atomic E-state index is 12.9. The van der Waals surface area contributed by atoms with Crippen LogP contribution in [-0.4, -0.2) is 5.21 Å². The van der Waals surface area contributed by atoms with E-state index in [-0.39, 0.29) is 5.82 Å². The maximum atomic E-state index is 12.9. The molecule has 0 radical (unpaired) electrons. The van der Waals surface area contributed by atoms with Gasteiger partial charge in [-0.15, -0.1) is 11.8 Å². The van der Waals surface area contributed by atoms with Crippen molar-refractivity contribution in [2.75, 3.05) is 11.2 Å². The quantitative estimate of drug-likeness (QED) is 0.449. The molecule has 0 fully saturated rings. The molecule has 0 atom stereocenters. The number of halogens is 1. The molecule has 4 N–H and O–H groups in total. The number of benzene rings is 2. The van der Waals surface area contributed by atoms with E-state index in [1.165, 1.54) is 23.9 Å². The number of thioether (sulfide) groups is 1. The van der Waals surface area contributed by atoms with Crippen LogP contribution in [0.5, 0.6) is 0 Å². The summed E-state index contributed by atoms with van der Waals surface area (Å²) in [5, 5.41) is 8.80. The van der Waals surface area contributed by atoms with Gasteiger partial charge in [-0.2, -0.15) is 0 Å². The van der Waals surface area contributed by atoms with Crippen LogP contribution in [-0.2, 0) is 5.75 Å². The van der Waals surface area contributed by atoms with Crippen LogP contribution in [0.15, 0.2) is 47.4 Å². The SMILES string of the molecule is Nc1cc(F)ccc1SCc1cccc(NO)c1. The Balaban J connectivity index is 2.06. The van der Waals surface area contributed by atoms with Crippen LogP contribution in [0.2, 0.25) is 0 Å². The van der Waals surface area contributed by atoms with E-state index in [4.69, 9.17) is 10.9 Å². The van der Waals surface area contributed by atoms with Crippen molar-refractivity contribution in [3.8, 4) is 0 Å². The molecule has 18 heavy (non-hydrogen) atoms. The molecule has 5 heteroatoms. The van der Waals surface area contributed by atoms with Crippen LogP contribution in [0, 0.1) is 5.82 Å². The van der Waals surface area contributed by atoms with Crippen LogP contribution in [0.1, 0.15) is 5.56 Å². The molecule has 3 nitrogen and oxygen atoms in total. The second-order valence-electron chi connectivity index (χ2n) is 3.78. The summed E-state index contributed by atoms with van der Waals surface area (Å²) in [7, 11) is 0. The molecule has 94 valence electrons. The smallest absolute Gasteiger partial charge is 0.125 e. The minimum Gasteiger partial charge on any atom is -0.398 e. The second kappa shape index (κ2) is 5.75. The summed E-state index contributed by atoms with van der Waals surface area (Å²) < 4.78 is 12.9. The predicted molar refractivity (Wildman–Crippen MR) is 72.2 cm³/mol. The van der Waals surface area contributed by atoms with E-state index in [0.29, 0.717) is 17.1 Å². The van der Waals surface area contributed by atoms with Crippen molar-refractivity contribution in [1.82, 2.24) is 0 Å². The summed E-state index contributed by atoms with van der Waals surface area (Å²) in [5.41, 5.74) is 9.95. The van der Waals surface area contributed by atoms with Crippen LogP contribution in [0.4, 0.5) is 15.8 Å². The minimum absolute atomic E-state index is 0.330. The van der Waals surface area contributed by atoms with Crippen molar-refractivity contribution in [2.45, 2.75) is 10.6 Å². The lowest BCUT2D eigenvalue weighted by Crippen LogP contribution is -1.92. The van der Waals surface area contributed by atoms with Crippen LogP contribution >= 0.6 is 11.8 Å². The molecular weight excluding hydrogens is 251 g/mol. The lowest BCUT2D eigenvalue weighted by atomic mass is 10.2. The van der Waals surface area contributed by atoms with Crippen LogP contribution in [0.3, 0.4) is 0 Å². The van der Waals surface area contributed by atoms with Gasteiger partial charge in [0.2, 0.25) is 0 Å². The normalized spacial score (nSPS) is 10.3. The summed E-state index contributed by atoms with van der Waals surface area (Å²) >= 11 is 1.53. The summed E-state index contributed by atoms with van der Waals surface area (Å²) in [6, 6.07) is 11.8. The van der Waals surface area contributed by atoms with Gasteiger partial charge in [0.1, 0.15) is 5.82 Å². The van der Waals surface area contributed by atoms with E-state index in [1.54, 1.807) is 12.1 Å². The third-order valence-electron chi connectivity index (χ3n) is 2.42. The van der Waals surface area contributed by atoms with Gasteiger partial charge in [0.25, 0.3) is 0 Å². The van der Waals surface area contributed by atoms with Crippen molar-refractivity contribution in [2.24, 2.45) is 0 Å². The lowest BCUT2D eigenvalue weighted by Gasteiger charge is -2.06. The van der Waals surface area contributed by atoms with Crippen LogP contribution in [0.25, 0.3) is 0 Å². The number of rotatable bonds is 4. The Labute approximate surface area is 109 Å². The van der Waals surface area contributed by atoms with Gasteiger partial charge in [-0.25, -0.2) is 4.39 Å². The van der Waals surface area contributed by atoms with Crippen molar-refractivity contribution in [3.63, 3.8) is 0 Å². The Bertz CT molecular complexity index is 548. The second-order valence-corrected chi connectivity index (χ2v) is 4.80. The summed E-state index contributed by atoms with van der Waals surface area (Å²) in [6.45, 7) is 0. The summed E-state index contributed by atoms with van der Waals surface area (Å²) in [5.74, 6) is 0.370. The Morgan fingerprint density at radius 2 is 2.06 bits per heavy atom. The minimum atomic E-state index is -0.330. The first-order chi connectivity index (χ1) is 8.69. The molecule has 0 aliphatic rings. The zero-order valence-electron chi connectivity index (χ0n) is 9.56. The highest BCUT2D eigenvalue weighted by Gasteiger charge is 2.03. The fraction of sp³-hybridized carbons (Fsp3) is 0.0769. The van der Waals surface area contributed by atoms with Crippen LogP contribution < -0.4 is 11.2 Å². The molecular formula is C13H13FN2OS. The van der Waals surface area contributed by atoms with Gasteiger partial charge in [-0.3, -0.25) is 10.7 Å². The molecule has 0 spiro atoms. The van der Waals surface area contributed by atoms with Crippen molar-refractivity contribution in [1.29, 1.82) is 0 Å². The fourth-order valence-corrected chi connectivity index (χ4v) is 2.43. The zero-order chi connectivity index (χ0) is 13.0. The molecule has 0 heterocycles. The van der Waals surface area contributed by atoms with Gasteiger partial charge in [0, 0.05) is 16.3 Å². The lowest BCUT2D eigenvalue weighted by molar-refractivity contribution is 0.389. The number of nitrogen functional groups attached to an aromatic ring is 1. The average molecular weight is 264 g/mol. The average Bonchev–Trinajstić information content (AvgIpc) is 2.38. The molecule has 0 aliphatic heterocycles. The van der Waals surface area contributed by atoms with E-state index in [9.17, 15) is 4.39 Å². The predicted octanol–water partition coefficient (Wildman–Crippen LogP) is 3.50. The van der Waals surface area contributed by atoms with E-state index < -0.39 is 0 Å². The Hall–Kier alpha value is -1.72. The molecule has 0 saturated heterocycles. The molecule has 0 aromatic heterocycles. The topological polar surface area (TPSA) is 58.3 Å². The molecule has 0 aliphatic carbocycles. The first-order valence-electron chi connectivity index (χ1n) is 5.36. The Kier molecular flexibility index (Phi) is 4.07. The van der Waals surface area contributed by atoms with Crippen molar-refractivity contribution in [3.05, 3.63) is 53.8 Å². The van der Waals surface area contributed by atoms with Gasteiger partial charge in [-0.1, -0.05) is 12.1 Å². The number of nitrogens with two attached hydrogens (primary N) is 1. The van der Waals surface area contributed by atoms with E-state index >= 15 is 0 Å². The first kappa shape index (κ1) is 12.7. The molecule has 0 unspecified atom stereocenters. The number of hydrogen-bond acceptors (Lipinski definition) is 4. The first-order valence-corrected chi connectivity index (χ1v) is 6.34. The molecule has 2 rings (SSSR count). The van der Waals surface area contributed by atoms with Gasteiger partial charge in [0.05, 0.1) is 5.69 Å². The number of nitrogens with one attached hydrogen (secondary N) is 1. The maximum Gasteiger partial charge on any atom is 0.125 e. The Morgan fingerprint density at radius 1 is 1.22 bits per heavy atom. The van der Waals surface area contributed by atoms with Gasteiger partial charge in [-0.05, 0) is 35.9 Å². The van der Waals surface area contributed by atoms with Gasteiger partial charge in [0.15, 0.2) is 0 Å². The Morgan fingerprint density at radius 3 is 2.78 bits per heavy atom. The highest BCUT2D eigenvalue weighted by molar-refractivity contribution is 7.98. The summed E-state index contributed by atoms with van der Waals surface area (Å²) in [4.78, 5) is 0.846. The molecule has 0 saturated carbocycles. The molecule has 0 amide bonds. The molecule has 0 bridgehead atoms. The van der Waals surface area contributed by atoms with E-state index in [2.05, 4.69) is 5.48 Å². The monoisotopic (exact) mass is 264 g/mol. The third-order valence-corrected chi connectivity index (χ3v) is 3.58. The molecule has 2 aromatic carbocycles. The third kappa shape index (κ3) is 3.15. The van der Waals surface area contributed by atoms with E-state index in [0.717, 1.165) is 10.5 Å². The van der Waals surface area contributed by atoms with Gasteiger partial charge < -0.3 is 5.73 Å². The van der Waals surface area contributed by atoms with Crippen molar-refractivity contribution < 1.29 is 9.60 Å². The van der Waals surface area contributed by atoms with Gasteiger partial charge >= 0.3 is 0 Å². The molecule has 2 aromatic rings. The van der Waals surface area contributed by atoms with Crippen molar-refractivity contribution >= 4 is 23.1 Å². The largest absolute Gasteiger partial charge is 0.398 e. The number of hydrogen-bond donors (Lipinski definition) is 3. The van der Waals surface area contributed by atoms with E-state index in [1.807, 2.05) is 18.2 Å². The highest BCUT2D eigenvalue weighted by Crippen LogP contribution is 2.29. The fourth-order valence-electron chi connectivity index (χ4n) is 1.54. The highest BCUT2D eigenvalue weighted by atomic mass is 32.2.